The van der Waals surface area contributed by atoms with Crippen LogP contribution in [0, 0.1) is 0 Å². The zero-order chi connectivity index (χ0) is 25.3. The molecule has 1 fully saturated rings. The molecule has 0 aromatic heterocycles. The average Bonchev–Trinajstić information content (AvgIpc) is 3.40. The summed E-state index contributed by atoms with van der Waals surface area (Å²) >= 11 is 12.0. The number of carbonyl (C=O) groups is 2. The molecule has 2 amide bonds. The molecule has 188 valence electrons. The number of rotatable bonds is 10. The first kappa shape index (κ1) is 26.1. The molecule has 1 aliphatic rings. The number of carbonyl (C=O) groups excluding carboxylic acids is 2. The Kier molecular flexibility index (Phi) is 9.26. The maximum atomic E-state index is 13.6. The van der Waals surface area contributed by atoms with E-state index in [0.29, 0.717) is 22.2 Å². The van der Waals surface area contributed by atoms with Gasteiger partial charge < -0.3 is 15.0 Å². The van der Waals surface area contributed by atoms with Gasteiger partial charge in [0, 0.05) is 29.1 Å². The highest BCUT2D eigenvalue weighted by Gasteiger charge is 2.32. The number of hydrogen-bond donors (Lipinski definition) is 1. The van der Waals surface area contributed by atoms with Crippen LogP contribution in [0.3, 0.4) is 0 Å². The van der Waals surface area contributed by atoms with Gasteiger partial charge in [-0.1, -0.05) is 78.5 Å². The van der Waals surface area contributed by atoms with Gasteiger partial charge in [0.1, 0.15) is 11.8 Å². The van der Waals surface area contributed by atoms with Crippen LogP contribution in [0.5, 0.6) is 5.75 Å². The third-order valence-corrected chi connectivity index (χ3v) is 6.92. The minimum Gasteiger partial charge on any atom is -0.484 e. The molecule has 0 aliphatic heterocycles. The summed E-state index contributed by atoms with van der Waals surface area (Å²) in [7, 11) is 0. The Hall–Kier alpha value is -3.02. The van der Waals surface area contributed by atoms with Crippen LogP contribution in [0.15, 0.2) is 78.9 Å². The topological polar surface area (TPSA) is 58.6 Å². The van der Waals surface area contributed by atoms with Crippen LogP contribution in [0.4, 0.5) is 0 Å². The van der Waals surface area contributed by atoms with E-state index in [-0.39, 0.29) is 31.0 Å². The normalized spacial score (nSPS) is 14.3. The first-order valence-electron chi connectivity index (χ1n) is 12.2. The van der Waals surface area contributed by atoms with Gasteiger partial charge in [0.2, 0.25) is 5.91 Å². The van der Waals surface area contributed by atoms with E-state index in [1.54, 1.807) is 41.3 Å². The van der Waals surface area contributed by atoms with Crippen molar-refractivity contribution in [2.24, 2.45) is 0 Å². The molecular formula is C29H30Cl2N2O3. The summed E-state index contributed by atoms with van der Waals surface area (Å²) in [5.74, 6) is 0.121. The molecule has 36 heavy (non-hydrogen) atoms. The summed E-state index contributed by atoms with van der Waals surface area (Å²) in [6, 6.07) is 23.4. The molecule has 7 heteroatoms. The summed E-state index contributed by atoms with van der Waals surface area (Å²) in [5, 5.41) is 4.40. The standard InChI is InChI=1S/C29H30Cl2N2O3/c30-23-12-10-22(11-13-23)19-33(28(34)20-36-26-16-14-24(31)15-17-26)27(18-21-6-2-1-3-7-21)29(35)32-25-8-4-5-9-25/h1-3,6-7,10-17,25,27H,4-5,8-9,18-20H2,(H,32,35)/t27-/m0/s1. The van der Waals surface area contributed by atoms with E-state index in [1.807, 2.05) is 42.5 Å². The second kappa shape index (κ2) is 12.8. The largest absolute Gasteiger partial charge is 0.484 e. The predicted molar refractivity (Wildman–Crippen MR) is 143 cm³/mol. The highest BCUT2D eigenvalue weighted by molar-refractivity contribution is 6.30. The van der Waals surface area contributed by atoms with Gasteiger partial charge in [0.15, 0.2) is 6.61 Å². The van der Waals surface area contributed by atoms with Crippen LogP contribution >= 0.6 is 23.2 Å². The molecule has 0 bridgehead atoms. The maximum absolute atomic E-state index is 13.6. The fourth-order valence-electron chi connectivity index (χ4n) is 4.47. The van der Waals surface area contributed by atoms with E-state index in [0.717, 1.165) is 36.8 Å². The Balaban J connectivity index is 1.59. The number of nitrogens with one attached hydrogen (secondary N) is 1. The number of benzene rings is 3. The SMILES string of the molecule is O=C(NC1CCCC1)[C@H](Cc1ccccc1)N(Cc1ccc(Cl)cc1)C(=O)COc1ccc(Cl)cc1. The van der Waals surface area contributed by atoms with Crippen molar-refractivity contribution in [3.05, 3.63) is 100 Å². The van der Waals surface area contributed by atoms with Crippen LogP contribution in [0.25, 0.3) is 0 Å². The lowest BCUT2D eigenvalue weighted by Crippen LogP contribution is -2.53. The van der Waals surface area contributed by atoms with E-state index in [2.05, 4.69) is 5.32 Å². The summed E-state index contributed by atoms with van der Waals surface area (Å²) in [5.41, 5.74) is 1.86. The molecule has 0 unspecified atom stereocenters. The molecule has 1 N–H and O–H groups in total. The molecule has 1 atom stereocenters. The van der Waals surface area contributed by atoms with E-state index < -0.39 is 6.04 Å². The van der Waals surface area contributed by atoms with E-state index >= 15 is 0 Å². The van der Waals surface area contributed by atoms with Crippen LogP contribution < -0.4 is 10.1 Å². The average molecular weight is 525 g/mol. The molecule has 1 saturated carbocycles. The second-order valence-corrected chi connectivity index (χ2v) is 9.96. The van der Waals surface area contributed by atoms with Gasteiger partial charge in [0.25, 0.3) is 5.91 Å². The predicted octanol–water partition coefficient (Wildman–Crippen LogP) is 6.07. The Bertz CT molecular complexity index is 1130. The van der Waals surface area contributed by atoms with Crippen molar-refractivity contribution >= 4 is 35.0 Å². The molecule has 0 spiro atoms. The zero-order valence-corrected chi connectivity index (χ0v) is 21.5. The first-order valence-corrected chi connectivity index (χ1v) is 13.0. The van der Waals surface area contributed by atoms with Gasteiger partial charge in [-0.2, -0.15) is 0 Å². The Morgan fingerprint density at radius 3 is 2.11 bits per heavy atom. The van der Waals surface area contributed by atoms with Crippen molar-refractivity contribution in [3.8, 4) is 5.75 Å². The molecular weight excluding hydrogens is 495 g/mol. The summed E-state index contributed by atoms with van der Waals surface area (Å²) in [4.78, 5) is 28.8. The second-order valence-electron chi connectivity index (χ2n) is 9.09. The third kappa shape index (κ3) is 7.49. The van der Waals surface area contributed by atoms with Crippen molar-refractivity contribution in [1.82, 2.24) is 10.2 Å². The van der Waals surface area contributed by atoms with Gasteiger partial charge in [0.05, 0.1) is 0 Å². The van der Waals surface area contributed by atoms with E-state index in [4.69, 9.17) is 27.9 Å². The molecule has 0 heterocycles. The number of amides is 2. The molecule has 4 rings (SSSR count). The number of halogens is 2. The minimum absolute atomic E-state index is 0.139. The van der Waals surface area contributed by atoms with Crippen molar-refractivity contribution < 1.29 is 14.3 Å². The third-order valence-electron chi connectivity index (χ3n) is 6.41. The van der Waals surface area contributed by atoms with Crippen molar-refractivity contribution in [3.63, 3.8) is 0 Å². The van der Waals surface area contributed by atoms with Gasteiger partial charge in [-0.15, -0.1) is 0 Å². The molecule has 3 aromatic carbocycles. The van der Waals surface area contributed by atoms with Gasteiger partial charge in [-0.3, -0.25) is 9.59 Å². The quantitative estimate of drug-likeness (QED) is 0.350. The lowest BCUT2D eigenvalue weighted by Gasteiger charge is -2.32. The van der Waals surface area contributed by atoms with Crippen LogP contribution in [-0.2, 0) is 22.6 Å². The van der Waals surface area contributed by atoms with Gasteiger partial charge >= 0.3 is 0 Å². The summed E-state index contributed by atoms with van der Waals surface area (Å²) in [6.45, 7) is 0.0623. The number of hydrogen-bond acceptors (Lipinski definition) is 3. The van der Waals surface area contributed by atoms with Crippen molar-refractivity contribution in [2.75, 3.05) is 6.61 Å². The highest BCUT2D eigenvalue weighted by Crippen LogP contribution is 2.21. The summed E-state index contributed by atoms with van der Waals surface area (Å²) in [6.07, 6.45) is 4.55. The lowest BCUT2D eigenvalue weighted by molar-refractivity contribution is -0.143. The molecule has 1 aliphatic carbocycles. The molecule has 3 aromatic rings. The van der Waals surface area contributed by atoms with Crippen LogP contribution in [0.2, 0.25) is 10.0 Å². The molecule has 0 radical (unpaired) electrons. The van der Waals surface area contributed by atoms with Crippen molar-refractivity contribution in [1.29, 1.82) is 0 Å². The van der Waals surface area contributed by atoms with Crippen molar-refractivity contribution in [2.45, 2.75) is 50.7 Å². The molecule has 0 saturated heterocycles. The minimum atomic E-state index is -0.690. The highest BCUT2D eigenvalue weighted by atomic mass is 35.5. The van der Waals surface area contributed by atoms with Crippen LogP contribution in [-0.4, -0.2) is 35.4 Å². The number of nitrogens with zero attached hydrogens (tertiary/aromatic N) is 1. The monoisotopic (exact) mass is 524 g/mol. The van der Waals surface area contributed by atoms with Gasteiger partial charge in [-0.25, -0.2) is 0 Å². The number of ether oxygens (including phenoxy) is 1. The molecule has 5 nitrogen and oxygen atoms in total. The van der Waals surface area contributed by atoms with Crippen LogP contribution in [0.1, 0.15) is 36.8 Å². The fraction of sp³-hybridized carbons (Fsp3) is 0.310. The fourth-order valence-corrected chi connectivity index (χ4v) is 4.72. The lowest BCUT2D eigenvalue weighted by atomic mass is 10.0. The Morgan fingerprint density at radius 1 is 0.861 bits per heavy atom. The summed E-state index contributed by atoms with van der Waals surface area (Å²) < 4.78 is 5.77. The maximum Gasteiger partial charge on any atom is 0.261 e. The Labute approximate surface area is 222 Å². The van der Waals surface area contributed by atoms with E-state index in [9.17, 15) is 9.59 Å². The van der Waals surface area contributed by atoms with Gasteiger partial charge in [-0.05, 0) is 60.4 Å². The zero-order valence-electron chi connectivity index (χ0n) is 20.0. The smallest absolute Gasteiger partial charge is 0.261 e. The first-order chi connectivity index (χ1) is 17.5. The Morgan fingerprint density at radius 2 is 1.47 bits per heavy atom. The van der Waals surface area contributed by atoms with E-state index in [1.165, 1.54) is 0 Å².